The van der Waals surface area contributed by atoms with Crippen LogP contribution in [0, 0.1) is 0 Å². The van der Waals surface area contributed by atoms with E-state index in [0.29, 0.717) is 5.56 Å². The van der Waals surface area contributed by atoms with Crippen LogP contribution in [0.3, 0.4) is 0 Å². The van der Waals surface area contributed by atoms with Crippen molar-refractivity contribution in [2.45, 2.75) is 19.3 Å². The van der Waals surface area contributed by atoms with Crippen molar-refractivity contribution in [3.8, 4) is 44.8 Å². The molecule has 282 valence electrons. The van der Waals surface area contributed by atoms with Gasteiger partial charge in [-0.15, -0.1) is 0 Å². The van der Waals surface area contributed by atoms with Crippen molar-refractivity contribution in [1.29, 1.82) is 0 Å². The van der Waals surface area contributed by atoms with Gasteiger partial charge in [-0.1, -0.05) is 141 Å². The van der Waals surface area contributed by atoms with Gasteiger partial charge < -0.3 is 13.6 Å². The highest BCUT2D eigenvalue weighted by Gasteiger charge is 2.37. The fraction of sp³-hybridized carbons (Fsp3) is 0.0526. The summed E-state index contributed by atoms with van der Waals surface area (Å²) >= 11 is 0. The molecule has 0 amide bonds. The van der Waals surface area contributed by atoms with E-state index in [4.69, 9.17) is 11.3 Å². The zero-order valence-corrected chi connectivity index (χ0v) is 32.9. The van der Waals surface area contributed by atoms with Crippen LogP contribution in [0.5, 0.6) is 0 Å². The van der Waals surface area contributed by atoms with Gasteiger partial charge in [0.05, 0.1) is 40.0 Å². The van der Waals surface area contributed by atoms with Gasteiger partial charge in [0.15, 0.2) is 0 Å². The highest BCUT2D eigenvalue weighted by molar-refractivity contribution is 6.15. The van der Waals surface area contributed by atoms with Crippen LogP contribution in [-0.4, -0.2) is 9.13 Å². The van der Waals surface area contributed by atoms with Gasteiger partial charge in [-0.05, 0) is 111 Å². The first-order valence-corrected chi connectivity index (χ1v) is 20.4. The maximum Gasteiger partial charge on any atom is 0.137 e. The third-order valence-corrected chi connectivity index (χ3v) is 13.0. The molecule has 0 aliphatic heterocycles. The summed E-state index contributed by atoms with van der Waals surface area (Å²) in [6.45, 7) is 4.42. The minimum atomic E-state index is -0.420. The summed E-state index contributed by atoms with van der Waals surface area (Å²) in [5.74, 6) is 0. The lowest BCUT2D eigenvalue weighted by molar-refractivity contribution is 0.660. The molecule has 0 N–H and O–H groups in total. The minimum absolute atomic E-state index is 0.194. The molecule has 0 unspecified atom stereocenters. The molecule has 0 spiro atoms. The van der Waals surface area contributed by atoms with Crippen LogP contribution in [0.15, 0.2) is 198 Å². The predicted octanol–water partition coefficient (Wildman–Crippen LogP) is 15.4. The van der Waals surface area contributed by atoms with Crippen molar-refractivity contribution in [2.24, 2.45) is 0 Å². The Balaban J connectivity index is 0.957. The van der Waals surface area contributed by atoms with Gasteiger partial charge >= 0.3 is 0 Å². The second-order valence-electron chi connectivity index (χ2n) is 16.5. The molecule has 0 saturated heterocycles. The summed E-state index contributed by atoms with van der Waals surface area (Å²) in [5.41, 5.74) is 15.2. The topological polar surface area (TPSA) is 23.0 Å². The predicted molar refractivity (Wildman–Crippen MR) is 251 cm³/mol. The molecule has 0 bridgehead atoms. The third-order valence-electron chi connectivity index (χ3n) is 13.0. The highest BCUT2D eigenvalue weighted by Crippen LogP contribution is 2.53. The number of rotatable bonds is 4. The van der Waals surface area contributed by atoms with Crippen LogP contribution in [0.4, 0.5) is 0 Å². The van der Waals surface area contributed by atoms with E-state index in [9.17, 15) is 0 Å². The smallest absolute Gasteiger partial charge is 0.137 e. The third kappa shape index (κ3) is 4.55. The Bertz CT molecular complexity index is 4030. The lowest BCUT2D eigenvalue weighted by Gasteiger charge is -2.22. The molecule has 1 aliphatic rings. The van der Waals surface area contributed by atoms with Gasteiger partial charge in [0.2, 0.25) is 0 Å². The first kappa shape index (κ1) is 28.7. The van der Waals surface area contributed by atoms with Crippen molar-refractivity contribution in [2.75, 3.05) is 0 Å². The van der Waals surface area contributed by atoms with Gasteiger partial charge in [-0.25, -0.2) is 0 Å². The maximum absolute atomic E-state index is 8.83. The van der Waals surface area contributed by atoms with E-state index < -0.39 is 5.41 Å². The molecule has 0 atom stereocenters. The molecule has 0 radical (unpaired) electrons. The van der Waals surface area contributed by atoms with Crippen molar-refractivity contribution < 1.29 is 11.3 Å². The van der Waals surface area contributed by atoms with Gasteiger partial charge in [-0.3, -0.25) is 0 Å². The zero-order chi connectivity index (χ0) is 44.0. The molecule has 60 heavy (non-hydrogen) atoms. The second kappa shape index (κ2) is 12.2. The Morgan fingerprint density at radius 2 is 1.07 bits per heavy atom. The molecule has 13 rings (SSSR count). The van der Waals surface area contributed by atoms with Crippen LogP contribution < -0.4 is 0 Å². The normalized spacial score (nSPS) is 14.5. The van der Waals surface area contributed by atoms with E-state index in [0.717, 1.165) is 99.5 Å². The van der Waals surface area contributed by atoms with E-state index in [1.807, 2.05) is 30.3 Å². The summed E-state index contributed by atoms with van der Waals surface area (Å²) in [7, 11) is 0. The van der Waals surface area contributed by atoms with Gasteiger partial charge in [0, 0.05) is 38.0 Å². The molecule has 0 fully saturated rings. The van der Waals surface area contributed by atoms with Crippen LogP contribution in [0.25, 0.3) is 110 Å². The van der Waals surface area contributed by atoms with E-state index in [-0.39, 0.29) is 35.8 Å². The molecular weight excluding hydrogens is 729 g/mol. The fourth-order valence-corrected chi connectivity index (χ4v) is 10.3. The van der Waals surface area contributed by atoms with Crippen LogP contribution >= 0.6 is 0 Å². The Morgan fingerprint density at radius 3 is 1.82 bits per heavy atom. The van der Waals surface area contributed by atoms with Gasteiger partial charge in [-0.2, -0.15) is 0 Å². The zero-order valence-electron chi connectivity index (χ0n) is 37.9. The van der Waals surface area contributed by atoms with Crippen molar-refractivity contribution in [1.82, 2.24) is 9.13 Å². The number of hydrogen-bond acceptors (Lipinski definition) is 1. The minimum Gasteiger partial charge on any atom is -0.456 e. The summed E-state index contributed by atoms with van der Waals surface area (Å²) in [6.07, 6.45) is 0. The maximum atomic E-state index is 8.83. The number of nitrogens with zero attached hydrogens (tertiary/aromatic N) is 2. The van der Waals surface area contributed by atoms with Gasteiger partial charge in [0.1, 0.15) is 11.2 Å². The monoisotopic (exact) mass is 771 g/mol. The first-order valence-electron chi connectivity index (χ1n) is 22.9. The lowest BCUT2D eigenvalue weighted by atomic mass is 9.82. The Labute approximate surface area is 354 Å². The van der Waals surface area contributed by atoms with E-state index in [2.05, 4.69) is 156 Å². The van der Waals surface area contributed by atoms with E-state index >= 15 is 0 Å². The number of benzene rings is 9. The Kier molecular flexibility index (Phi) is 5.84. The second-order valence-corrected chi connectivity index (χ2v) is 16.5. The lowest BCUT2D eigenvalue weighted by Crippen LogP contribution is -2.15. The Morgan fingerprint density at radius 1 is 0.450 bits per heavy atom. The molecule has 3 heterocycles. The quantitative estimate of drug-likeness (QED) is 0.175. The van der Waals surface area contributed by atoms with Crippen molar-refractivity contribution >= 4 is 65.6 Å². The van der Waals surface area contributed by atoms with Crippen LogP contribution in [-0.2, 0) is 5.41 Å². The summed E-state index contributed by atoms with van der Waals surface area (Å²) < 4.78 is 53.8. The number of hydrogen-bond donors (Lipinski definition) is 0. The Hall–Kier alpha value is -7.62. The molecule has 12 aromatic rings. The molecule has 3 nitrogen and oxygen atoms in total. The van der Waals surface area contributed by atoms with E-state index in [1.165, 1.54) is 10.8 Å². The molecule has 3 aromatic heterocycles. The van der Waals surface area contributed by atoms with Crippen LogP contribution in [0.2, 0.25) is 0 Å². The summed E-state index contributed by atoms with van der Waals surface area (Å²) in [6, 6.07) is 56.5. The van der Waals surface area contributed by atoms with Crippen LogP contribution in [0.1, 0.15) is 31.8 Å². The first-order chi connectivity index (χ1) is 31.6. The number of furan rings is 1. The molecule has 1 aliphatic carbocycles. The average Bonchev–Trinajstić information content (AvgIpc) is 4.05. The van der Waals surface area contributed by atoms with E-state index in [1.54, 1.807) is 0 Å². The molecule has 9 aromatic carbocycles. The number of para-hydroxylation sites is 3. The number of aromatic nitrogens is 2. The number of fused-ring (bicyclic) bond motifs is 12. The summed E-state index contributed by atoms with van der Waals surface area (Å²) in [4.78, 5) is 0. The largest absolute Gasteiger partial charge is 0.456 e. The molecular formula is C57H38N2O. The van der Waals surface area contributed by atoms with Crippen molar-refractivity contribution in [3.63, 3.8) is 0 Å². The molecule has 3 heteroatoms. The fourth-order valence-electron chi connectivity index (χ4n) is 10.3. The SMILES string of the molecule is [2H]c1c([2H])c([2H])c(-c2cccc3c2-c2ccc(-n4c5ccccc5c5cc(-c6ccc7c(c6)c6ccccc6n7-c6cccc7oc8ccccc8c67)ccc54)cc2C3(C)C)c([2H])c1[2H]. The molecule has 0 saturated carbocycles. The van der Waals surface area contributed by atoms with Gasteiger partial charge in [0.25, 0.3) is 0 Å². The van der Waals surface area contributed by atoms with Crippen molar-refractivity contribution in [3.05, 3.63) is 205 Å². The summed E-state index contributed by atoms with van der Waals surface area (Å²) in [5, 5.41) is 6.89. The highest BCUT2D eigenvalue weighted by atomic mass is 16.3. The standard InChI is InChI=1S/C57H38N2O/c1-57(2)46-20-12-19-39(35-14-4-3-5-15-35)55(46)42-29-28-38(34-47(42)57)58-48-21-9-6-16-40(48)44-32-36(26-30-50(44)58)37-27-31-51-45(33-37)41-17-7-10-22-49(41)59(51)52-23-13-25-54-56(52)43-18-8-11-24-53(43)60-54/h3-34H,1-2H3/i3D,4D,5D,14D,15D. The average molecular weight is 772 g/mol.